The molecule has 1 aromatic rings. The second kappa shape index (κ2) is 5.92. The Hall–Kier alpha value is -1.55. The lowest BCUT2D eigenvalue weighted by Crippen LogP contribution is -2.48. The number of amides is 1. The monoisotopic (exact) mass is 305 g/mol. The number of aliphatic hydroxyl groups is 1. The van der Waals surface area contributed by atoms with Crippen LogP contribution in [0.2, 0.25) is 0 Å². The van der Waals surface area contributed by atoms with E-state index in [2.05, 4.69) is 0 Å². The molecular formula is C18H27NO3. The highest BCUT2D eigenvalue weighted by atomic mass is 16.5. The van der Waals surface area contributed by atoms with Gasteiger partial charge in [-0.3, -0.25) is 4.79 Å². The quantitative estimate of drug-likeness (QED) is 0.932. The summed E-state index contributed by atoms with van der Waals surface area (Å²) in [5.74, 6) is 0.733. The molecule has 1 aliphatic heterocycles. The van der Waals surface area contributed by atoms with Crippen LogP contribution in [0.15, 0.2) is 24.3 Å². The number of carbonyl (C=O) groups excluding carboxylic acids is 1. The van der Waals surface area contributed by atoms with Crippen molar-refractivity contribution in [2.45, 2.75) is 64.7 Å². The van der Waals surface area contributed by atoms with Crippen LogP contribution >= 0.6 is 0 Å². The lowest BCUT2D eigenvalue weighted by atomic mass is 9.96. The molecule has 22 heavy (non-hydrogen) atoms. The average Bonchev–Trinajstić information content (AvgIpc) is 2.86. The largest absolute Gasteiger partial charge is 0.488 e. The number of hydrogen-bond donors (Lipinski definition) is 1. The maximum atomic E-state index is 12.7. The first-order valence-electron chi connectivity index (χ1n) is 7.90. The Bertz CT molecular complexity index is 523. The summed E-state index contributed by atoms with van der Waals surface area (Å²) in [6.45, 7) is 10.2. The van der Waals surface area contributed by atoms with Crippen LogP contribution in [0.5, 0.6) is 5.75 Å². The van der Waals surface area contributed by atoms with Gasteiger partial charge >= 0.3 is 0 Å². The average molecular weight is 305 g/mol. The van der Waals surface area contributed by atoms with Crippen molar-refractivity contribution in [2.24, 2.45) is 0 Å². The highest BCUT2D eigenvalue weighted by molar-refractivity contribution is 5.94. The van der Waals surface area contributed by atoms with Crippen LogP contribution in [-0.4, -0.2) is 39.7 Å². The fraction of sp³-hybridized carbons (Fsp3) is 0.611. The summed E-state index contributed by atoms with van der Waals surface area (Å²) in [5, 5.41) is 10.2. The van der Waals surface area contributed by atoms with E-state index >= 15 is 0 Å². The summed E-state index contributed by atoms with van der Waals surface area (Å²) in [7, 11) is 0. The summed E-state index contributed by atoms with van der Waals surface area (Å²) < 4.78 is 5.77. The van der Waals surface area contributed by atoms with Crippen molar-refractivity contribution in [3.8, 4) is 5.75 Å². The number of hydrogen-bond acceptors (Lipinski definition) is 3. The maximum Gasteiger partial charge on any atom is 0.254 e. The van der Waals surface area contributed by atoms with Crippen molar-refractivity contribution in [3.63, 3.8) is 0 Å². The van der Waals surface area contributed by atoms with Gasteiger partial charge in [0.25, 0.3) is 5.91 Å². The molecule has 1 N–H and O–H groups in total. The van der Waals surface area contributed by atoms with E-state index in [1.165, 1.54) is 0 Å². The van der Waals surface area contributed by atoms with Crippen LogP contribution in [0.25, 0.3) is 0 Å². The molecule has 0 aromatic heterocycles. The molecule has 2 rings (SSSR count). The Balaban J connectivity index is 2.13. The van der Waals surface area contributed by atoms with E-state index in [-0.39, 0.29) is 17.6 Å². The maximum absolute atomic E-state index is 12.7. The molecule has 0 aliphatic carbocycles. The van der Waals surface area contributed by atoms with E-state index in [9.17, 15) is 9.90 Å². The van der Waals surface area contributed by atoms with Gasteiger partial charge in [0.1, 0.15) is 11.4 Å². The minimum absolute atomic E-state index is 0.0214. The first kappa shape index (κ1) is 16.8. The fourth-order valence-corrected chi connectivity index (χ4v) is 2.93. The molecule has 1 fully saturated rings. The van der Waals surface area contributed by atoms with E-state index < -0.39 is 5.60 Å². The third-order valence-electron chi connectivity index (χ3n) is 3.85. The lowest BCUT2D eigenvalue weighted by Gasteiger charge is -2.34. The number of ether oxygens (including phenoxy) is 1. The normalized spacial score (nSPS) is 19.4. The topological polar surface area (TPSA) is 49.8 Å². The number of nitrogens with zero attached hydrogens (tertiary/aromatic N) is 1. The fourth-order valence-electron chi connectivity index (χ4n) is 2.93. The van der Waals surface area contributed by atoms with Gasteiger partial charge in [0, 0.05) is 12.1 Å². The predicted molar refractivity (Wildman–Crippen MR) is 87.2 cm³/mol. The zero-order chi connectivity index (χ0) is 16.5. The Morgan fingerprint density at radius 3 is 2.27 bits per heavy atom. The predicted octanol–water partition coefficient (Wildman–Crippen LogP) is 3.24. The van der Waals surface area contributed by atoms with Gasteiger partial charge in [0.2, 0.25) is 0 Å². The summed E-state index contributed by atoms with van der Waals surface area (Å²) in [4.78, 5) is 14.5. The van der Waals surface area contributed by atoms with Gasteiger partial charge < -0.3 is 14.7 Å². The molecule has 1 saturated heterocycles. The number of benzene rings is 1. The molecule has 1 unspecified atom stereocenters. The van der Waals surface area contributed by atoms with Crippen LogP contribution < -0.4 is 4.74 Å². The molecule has 0 saturated carbocycles. The van der Waals surface area contributed by atoms with Crippen LogP contribution in [-0.2, 0) is 0 Å². The Morgan fingerprint density at radius 1 is 1.18 bits per heavy atom. The van der Waals surface area contributed by atoms with Crippen molar-refractivity contribution in [1.82, 2.24) is 4.90 Å². The molecule has 4 heteroatoms. The zero-order valence-corrected chi connectivity index (χ0v) is 14.2. The highest BCUT2D eigenvalue weighted by Gasteiger charge is 2.38. The Kier molecular flexibility index (Phi) is 4.52. The van der Waals surface area contributed by atoms with E-state index in [1.807, 2.05) is 32.9 Å². The molecule has 1 amide bonds. The molecule has 4 nitrogen and oxygen atoms in total. The van der Waals surface area contributed by atoms with E-state index in [0.29, 0.717) is 12.1 Å². The van der Waals surface area contributed by atoms with Gasteiger partial charge in [-0.2, -0.15) is 0 Å². The zero-order valence-electron chi connectivity index (χ0n) is 14.2. The standard InChI is InChI=1S/C18H27NO3/c1-17(2,3)22-14-10-8-13(9-11-14)16(20)19-12-6-7-15(19)18(4,5)21/h8-11,15,21H,6-7,12H2,1-5H3. The summed E-state index contributed by atoms with van der Waals surface area (Å²) in [6, 6.07) is 7.12. The molecule has 1 aliphatic rings. The third kappa shape index (κ3) is 4.01. The van der Waals surface area contributed by atoms with Gasteiger partial charge in [-0.25, -0.2) is 0 Å². The van der Waals surface area contributed by atoms with E-state index in [0.717, 1.165) is 18.6 Å². The molecule has 0 spiro atoms. The SMILES string of the molecule is CC(C)(C)Oc1ccc(C(=O)N2CCCC2C(C)(C)O)cc1. The van der Waals surface area contributed by atoms with Crippen LogP contribution in [0, 0.1) is 0 Å². The van der Waals surface area contributed by atoms with Gasteiger partial charge in [-0.05, 0) is 71.7 Å². The first-order valence-corrected chi connectivity index (χ1v) is 7.90. The minimum Gasteiger partial charge on any atom is -0.488 e. The number of carbonyl (C=O) groups is 1. The second-order valence-electron chi connectivity index (χ2n) is 7.55. The van der Waals surface area contributed by atoms with Crippen molar-refractivity contribution in [1.29, 1.82) is 0 Å². The first-order chi connectivity index (χ1) is 10.1. The smallest absolute Gasteiger partial charge is 0.254 e. The number of likely N-dealkylation sites (tertiary alicyclic amines) is 1. The second-order valence-corrected chi connectivity index (χ2v) is 7.55. The summed E-state index contributed by atoms with van der Waals surface area (Å²) in [5.41, 5.74) is -0.495. The third-order valence-corrected chi connectivity index (χ3v) is 3.85. The van der Waals surface area contributed by atoms with E-state index in [4.69, 9.17) is 4.74 Å². The summed E-state index contributed by atoms with van der Waals surface area (Å²) >= 11 is 0. The van der Waals surface area contributed by atoms with Crippen molar-refractivity contribution in [3.05, 3.63) is 29.8 Å². The molecule has 122 valence electrons. The van der Waals surface area contributed by atoms with Gasteiger partial charge in [0.05, 0.1) is 11.6 Å². The highest BCUT2D eigenvalue weighted by Crippen LogP contribution is 2.28. The van der Waals surface area contributed by atoms with Crippen molar-refractivity contribution < 1.29 is 14.6 Å². The van der Waals surface area contributed by atoms with Gasteiger partial charge in [0.15, 0.2) is 0 Å². The van der Waals surface area contributed by atoms with Crippen LogP contribution in [0.4, 0.5) is 0 Å². The molecule has 0 radical (unpaired) electrons. The van der Waals surface area contributed by atoms with Gasteiger partial charge in [-0.15, -0.1) is 0 Å². The minimum atomic E-state index is -0.874. The molecule has 1 heterocycles. The molecule has 1 aromatic carbocycles. The van der Waals surface area contributed by atoms with Gasteiger partial charge in [-0.1, -0.05) is 0 Å². The van der Waals surface area contributed by atoms with Crippen molar-refractivity contribution in [2.75, 3.05) is 6.54 Å². The van der Waals surface area contributed by atoms with Crippen LogP contribution in [0.1, 0.15) is 57.8 Å². The summed E-state index contributed by atoms with van der Waals surface area (Å²) in [6.07, 6.45) is 1.78. The van der Waals surface area contributed by atoms with Crippen LogP contribution in [0.3, 0.4) is 0 Å². The van der Waals surface area contributed by atoms with E-state index in [1.54, 1.807) is 30.9 Å². The number of rotatable bonds is 3. The molecule has 1 atom stereocenters. The van der Waals surface area contributed by atoms with Crippen molar-refractivity contribution >= 4 is 5.91 Å². The Morgan fingerprint density at radius 2 is 1.77 bits per heavy atom. The molecule has 0 bridgehead atoms. The Labute approximate surface area is 133 Å². The molecular weight excluding hydrogens is 278 g/mol. The lowest BCUT2D eigenvalue weighted by molar-refractivity contribution is 0.000329.